The molecule has 6 rings (SSSR count). The molecule has 3 aliphatic rings. The van der Waals surface area contributed by atoms with Crippen molar-refractivity contribution in [3.8, 4) is 28.0 Å². The summed E-state index contributed by atoms with van der Waals surface area (Å²) in [6, 6.07) is 13.9. The normalized spacial score (nSPS) is 22.6. The highest BCUT2D eigenvalue weighted by Crippen LogP contribution is 2.41. The Morgan fingerprint density at radius 3 is 2.63 bits per heavy atom. The van der Waals surface area contributed by atoms with E-state index in [0.717, 1.165) is 11.1 Å². The third kappa shape index (κ3) is 6.08. The molecule has 3 N–H and O–H groups in total. The average Bonchev–Trinajstić information content (AvgIpc) is 3.86. The summed E-state index contributed by atoms with van der Waals surface area (Å²) in [5.74, 6) is -1.07. The summed E-state index contributed by atoms with van der Waals surface area (Å²) in [7, 11) is 4.85. The van der Waals surface area contributed by atoms with Crippen LogP contribution in [0.2, 0.25) is 5.02 Å². The van der Waals surface area contributed by atoms with Crippen LogP contribution in [0.3, 0.4) is 0 Å². The smallest absolute Gasteiger partial charge is 0.262 e. The first-order valence-corrected chi connectivity index (χ1v) is 15.4. The van der Waals surface area contributed by atoms with Crippen LogP contribution in [0.25, 0.3) is 22.3 Å². The highest BCUT2D eigenvalue weighted by Gasteiger charge is 2.50. The quantitative estimate of drug-likeness (QED) is 0.245. The van der Waals surface area contributed by atoms with Gasteiger partial charge in [-0.15, -0.1) is 0 Å². The van der Waals surface area contributed by atoms with E-state index in [1.807, 2.05) is 31.2 Å². The zero-order chi connectivity index (χ0) is 32.7. The minimum Gasteiger partial charge on any atom is -0.496 e. The van der Waals surface area contributed by atoms with Crippen LogP contribution in [0.15, 0.2) is 60.3 Å². The minimum atomic E-state index is -0.667. The number of aliphatic hydroxyl groups excluding tert-OH is 1. The van der Waals surface area contributed by atoms with Crippen molar-refractivity contribution in [2.45, 2.75) is 44.5 Å². The molecule has 0 aromatic heterocycles. The van der Waals surface area contributed by atoms with Crippen molar-refractivity contribution in [2.75, 3.05) is 39.7 Å². The topological polar surface area (TPSA) is 116 Å². The molecular weight excluding hydrogens is 615 g/mol. The number of carbonyl (C=O) groups excluding carboxylic acids is 2. The van der Waals surface area contributed by atoms with Crippen LogP contribution in [0, 0.1) is 12.7 Å². The zero-order valence-corrected chi connectivity index (χ0v) is 26.7. The predicted molar refractivity (Wildman–Crippen MR) is 172 cm³/mol. The number of fused-ring (bicyclic) bond motifs is 1. The van der Waals surface area contributed by atoms with Crippen LogP contribution in [-0.4, -0.2) is 85.7 Å². The van der Waals surface area contributed by atoms with Crippen LogP contribution >= 0.6 is 11.6 Å². The van der Waals surface area contributed by atoms with Crippen molar-refractivity contribution in [1.29, 1.82) is 0 Å². The van der Waals surface area contributed by atoms with Crippen molar-refractivity contribution >= 4 is 29.1 Å². The first kappa shape index (κ1) is 32.0. The standard InChI is InChI=1S/C34H36ClFN4O6/c1-18-20(7-6-10-26(18)38-31(42)24-16-39(2)33-34(46-33)40(3)32(24)43)22-9-5-8-21(30(22)35)19-13-25(36)23(29(14-19)44-4)15-37-27-11-12-45-17-28(27)41/h5-10,13-14,16,27-28,33-34,37,41H,11-12,15,17H2,1-4H3,(H,38,42)/t27-,28+,33?,34?/m0/s1. The molecule has 2 unspecified atom stereocenters. The molecule has 0 radical (unpaired) electrons. The average molecular weight is 651 g/mol. The number of ether oxygens (including phenoxy) is 3. The number of nitrogens with one attached hydrogen (secondary N) is 2. The second-order valence-electron chi connectivity index (χ2n) is 11.7. The molecule has 0 saturated carbocycles. The molecule has 46 heavy (non-hydrogen) atoms. The lowest BCUT2D eigenvalue weighted by Gasteiger charge is -2.29. The van der Waals surface area contributed by atoms with Crippen molar-refractivity contribution in [3.05, 3.63) is 82.3 Å². The van der Waals surface area contributed by atoms with Crippen molar-refractivity contribution in [2.24, 2.45) is 0 Å². The fourth-order valence-electron chi connectivity index (χ4n) is 6.00. The van der Waals surface area contributed by atoms with E-state index in [-0.39, 0.29) is 37.2 Å². The van der Waals surface area contributed by atoms with Crippen LogP contribution in [-0.2, 0) is 25.6 Å². The molecule has 10 nitrogen and oxygen atoms in total. The number of epoxide rings is 1. The number of anilines is 1. The molecule has 2 saturated heterocycles. The number of hydrogen-bond donors (Lipinski definition) is 3. The van der Waals surface area contributed by atoms with Gasteiger partial charge < -0.3 is 39.8 Å². The van der Waals surface area contributed by atoms with E-state index in [2.05, 4.69) is 10.6 Å². The van der Waals surface area contributed by atoms with Gasteiger partial charge in [-0.05, 0) is 48.2 Å². The third-order valence-corrected chi connectivity index (χ3v) is 9.19. The molecule has 3 aromatic rings. The molecule has 2 amide bonds. The SMILES string of the molecule is COc1cc(-c2cccc(-c3cccc(NC(=O)C4=CN(C)C5OC5N(C)C4=O)c3C)c2Cl)cc(F)c1CN[C@H]1CCOC[C@H]1O. The van der Waals surface area contributed by atoms with Gasteiger partial charge in [-0.25, -0.2) is 4.39 Å². The molecule has 12 heteroatoms. The van der Waals surface area contributed by atoms with E-state index in [4.69, 9.17) is 25.8 Å². The molecule has 3 aromatic carbocycles. The van der Waals surface area contributed by atoms with Gasteiger partial charge in [-0.1, -0.05) is 41.9 Å². The zero-order valence-electron chi connectivity index (χ0n) is 26.0. The number of benzene rings is 3. The molecule has 2 fully saturated rings. The van der Waals surface area contributed by atoms with Gasteiger partial charge >= 0.3 is 0 Å². The predicted octanol–water partition coefficient (Wildman–Crippen LogP) is 4.28. The summed E-state index contributed by atoms with van der Waals surface area (Å²) in [6.45, 7) is 2.80. The van der Waals surface area contributed by atoms with Gasteiger partial charge in [-0.2, -0.15) is 0 Å². The van der Waals surface area contributed by atoms with Gasteiger partial charge in [0.1, 0.15) is 17.1 Å². The van der Waals surface area contributed by atoms with E-state index in [1.165, 1.54) is 24.3 Å². The minimum absolute atomic E-state index is 0.00388. The first-order chi connectivity index (χ1) is 22.1. The Balaban J connectivity index is 1.26. The Morgan fingerprint density at radius 2 is 1.87 bits per heavy atom. The van der Waals surface area contributed by atoms with Crippen molar-refractivity contribution in [3.63, 3.8) is 0 Å². The molecule has 4 atom stereocenters. The maximum Gasteiger partial charge on any atom is 0.262 e. The molecule has 0 aliphatic carbocycles. The highest BCUT2D eigenvalue weighted by atomic mass is 35.5. The molecular formula is C34H36ClFN4O6. The largest absolute Gasteiger partial charge is 0.496 e. The van der Waals surface area contributed by atoms with Gasteiger partial charge in [0.25, 0.3) is 11.8 Å². The molecule has 3 aliphatic heterocycles. The number of carbonyl (C=O) groups is 2. The molecule has 0 bridgehead atoms. The number of hydrogen-bond acceptors (Lipinski definition) is 8. The van der Waals surface area contributed by atoms with Crippen LogP contribution in [0.1, 0.15) is 17.5 Å². The summed E-state index contributed by atoms with van der Waals surface area (Å²) in [5, 5.41) is 16.7. The summed E-state index contributed by atoms with van der Waals surface area (Å²) in [5.41, 5.74) is 4.20. The summed E-state index contributed by atoms with van der Waals surface area (Å²) in [4.78, 5) is 29.5. The van der Waals surface area contributed by atoms with Crippen molar-refractivity contribution < 1.29 is 33.3 Å². The highest BCUT2D eigenvalue weighted by molar-refractivity contribution is 6.36. The lowest BCUT2D eigenvalue weighted by Crippen LogP contribution is -2.46. The lowest BCUT2D eigenvalue weighted by atomic mass is 9.94. The second-order valence-corrected chi connectivity index (χ2v) is 12.1. The maximum absolute atomic E-state index is 15.6. The third-order valence-electron chi connectivity index (χ3n) is 8.78. The lowest BCUT2D eigenvalue weighted by molar-refractivity contribution is -0.129. The summed E-state index contributed by atoms with van der Waals surface area (Å²) in [6.07, 6.45) is 0.807. The summed E-state index contributed by atoms with van der Waals surface area (Å²) < 4.78 is 31.9. The van der Waals surface area contributed by atoms with Gasteiger partial charge in [0.15, 0.2) is 12.5 Å². The van der Waals surface area contributed by atoms with Gasteiger partial charge in [0, 0.05) is 61.9 Å². The van der Waals surface area contributed by atoms with Crippen LogP contribution < -0.4 is 15.4 Å². The fourth-order valence-corrected chi connectivity index (χ4v) is 6.34. The van der Waals surface area contributed by atoms with E-state index >= 15 is 4.39 Å². The van der Waals surface area contributed by atoms with Crippen LogP contribution in [0.4, 0.5) is 10.1 Å². The Bertz CT molecular complexity index is 1720. The Morgan fingerprint density at radius 1 is 1.13 bits per heavy atom. The number of amides is 2. The van der Waals surface area contributed by atoms with Gasteiger partial charge in [-0.3, -0.25) is 9.59 Å². The molecule has 242 valence electrons. The number of nitrogens with zero attached hydrogens (tertiary/aromatic N) is 2. The molecule has 0 spiro atoms. The summed E-state index contributed by atoms with van der Waals surface area (Å²) >= 11 is 7.00. The molecule has 3 heterocycles. The van der Waals surface area contributed by atoms with Gasteiger partial charge in [0.05, 0.1) is 24.8 Å². The Hall–Kier alpha value is -4.00. The maximum atomic E-state index is 15.6. The number of rotatable bonds is 8. The fraction of sp³-hybridized carbons (Fsp3) is 0.353. The Kier molecular flexibility index (Phi) is 9.04. The number of halogens is 2. The number of likely N-dealkylation sites (N-methyl/N-ethyl adjacent to an activating group) is 2. The van der Waals surface area contributed by atoms with E-state index < -0.39 is 23.7 Å². The monoisotopic (exact) mass is 650 g/mol. The van der Waals surface area contributed by atoms with Crippen LogP contribution in [0.5, 0.6) is 5.75 Å². The van der Waals surface area contributed by atoms with Crippen molar-refractivity contribution in [1.82, 2.24) is 15.1 Å². The number of methoxy groups -OCH3 is 1. The van der Waals surface area contributed by atoms with Gasteiger partial charge in [0.2, 0.25) is 0 Å². The van der Waals surface area contributed by atoms with E-state index in [0.29, 0.717) is 51.7 Å². The Labute approximate surface area is 271 Å². The second kappa shape index (κ2) is 13.0. The van der Waals surface area contributed by atoms with E-state index in [1.54, 1.807) is 37.2 Å². The number of aliphatic hydroxyl groups is 1. The first-order valence-electron chi connectivity index (χ1n) is 15.0. The van der Waals surface area contributed by atoms with E-state index in [9.17, 15) is 14.7 Å².